The van der Waals surface area contributed by atoms with Gasteiger partial charge in [-0.1, -0.05) is 11.6 Å². The number of carbonyl (C=O) groups is 1. The van der Waals surface area contributed by atoms with Crippen molar-refractivity contribution in [3.8, 4) is 0 Å². The maximum atomic E-state index is 11.6. The summed E-state index contributed by atoms with van der Waals surface area (Å²) in [5.74, 6) is -0.273. The minimum atomic E-state index is -0.273. The molecule has 0 bridgehead atoms. The van der Waals surface area contributed by atoms with Crippen LogP contribution in [0, 0.1) is 0 Å². The molecular formula is C10H9ClN4O. The second-order valence-corrected chi connectivity index (χ2v) is 3.51. The van der Waals surface area contributed by atoms with Gasteiger partial charge >= 0.3 is 0 Å². The van der Waals surface area contributed by atoms with Crippen molar-refractivity contribution in [1.82, 2.24) is 20.3 Å². The molecule has 0 aromatic carbocycles. The third-order valence-electron chi connectivity index (χ3n) is 1.97. The number of nitrogens with zero attached hydrogens (tertiary/aromatic N) is 2. The summed E-state index contributed by atoms with van der Waals surface area (Å²) in [5.41, 5.74) is 1.25. The van der Waals surface area contributed by atoms with Crippen LogP contribution in [0.3, 0.4) is 0 Å². The summed E-state index contributed by atoms with van der Waals surface area (Å²) < 4.78 is 0. The second-order valence-electron chi connectivity index (χ2n) is 3.13. The molecule has 0 fully saturated rings. The van der Waals surface area contributed by atoms with Crippen LogP contribution in [0.5, 0.6) is 0 Å². The molecule has 0 aliphatic carbocycles. The first-order chi connectivity index (χ1) is 7.75. The van der Waals surface area contributed by atoms with Crippen LogP contribution in [0.15, 0.2) is 30.9 Å². The van der Waals surface area contributed by atoms with Gasteiger partial charge in [0.2, 0.25) is 0 Å². The first-order valence-electron chi connectivity index (χ1n) is 4.63. The van der Waals surface area contributed by atoms with Gasteiger partial charge in [-0.05, 0) is 11.6 Å². The Morgan fingerprint density at radius 2 is 2.31 bits per heavy atom. The highest BCUT2D eigenvalue weighted by Crippen LogP contribution is 2.02. The van der Waals surface area contributed by atoms with Crippen molar-refractivity contribution >= 4 is 17.5 Å². The van der Waals surface area contributed by atoms with Crippen molar-refractivity contribution in [1.29, 1.82) is 0 Å². The summed E-state index contributed by atoms with van der Waals surface area (Å²) in [6, 6.07) is 1.88. The third kappa shape index (κ3) is 2.58. The molecule has 2 rings (SSSR count). The largest absolute Gasteiger partial charge is 0.367 e. The lowest BCUT2D eigenvalue weighted by atomic mass is 10.3. The molecule has 2 N–H and O–H groups in total. The number of aromatic nitrogens is 3. The van der Waals surface area contributed by atoms with Crippen molar-refractivity contribution in [2.45, 2.75) is 6.54 Å². The Kier molecular flexibility index (Phi) is 3.16. The lowest BCUT2D eigenvalue weighted by Crippen LogP contribution is -2.23. The van der Waals surface area contributed by atoms with Gasteiger partial charge in [-0.15, -0.1) is 0 Å². The van der Waals surface area contributed by atoms with E-state index in [-0.39, 0.29) is 16.8 Å². The average molecular weight is 237 g/mol. The zero-order valence-electron chi connectivity index (χ0n) is 8.27. The monoisotopic (exact) mass is 236 g/mol. The van der Waals surface area contributed by atoms with Gasteiger partial charge in [0.1, 0.15) is 10.8 Å². The standard InChI is InChI=1S/C10H9ClN4O/c11-9-6-13-8(5-14-9)10(16)15-4-7-1-2-12-3-7/h1-3,5-6,12H,4H2,(H,15,16). The number of carbonyl (C=O) groups excluding carboxylic acids is 1. The Bertz CT molecular complexity index is 466. The number of halogens is 1. The summed E-state index contributed by atoms with van der Waals surface area (Å²) in [6.07, 6.45) is 6.29. The van der Waals surface area contributed by atoms with Crippen LogP contribution in [0.25, 0.3) is 0 Å². The number of amides is 1. The zero-order chi connectivity index (χ0) is 11.4. The maximum absolute atomic E-state index is 11.6. The van der Waals surface area contributed by atoms with Crippen LogP contribution in [-0.4, -0.2) is 20.9 Å². The molecule has 2 aromatic rings. The predicted molar refractivity (Wildman–Crippen MR) is 59.0 cm³/mol. The van der Waals surface area contributed by atoms with Crippen LogP contribution in [-0.2, 0) is 6.54 Å². The number of rotatable bonds is 3. The summed E-state index contributed by atoms with van der Waals surface area (Å²) in [5, 5.41) is 2.98. The fourth-order valence-electron chi connectivity index (χ4n) is 1.17. The molecule has 0 aliphatic heterocycles. The van der Waals surface area contributed by atoms with Crippen molar-refractivity contribution in [3.05, 3.63) is 47.3 Å². The van der Waals surface area contributed by atoms with Crippen molar-refractivity contribution in [3.63, 3.8) is 0 Å². The number of aromatic amines is 1. The van der Waals surface area contributed by atoms with Crippen molar-refractivity contribution < 1.29 is 4.79 Å². The Morgan fingerprint density at radius 3 is 2.94 bits per heavy atom. The lowest BCUT2D eigenvalue weighted by Gasteiger charge is -2.02. The van der Waals surface area contributed by atoms with Crippen LogP contribution in [0.1, 0.15) is 16.1 Å². The lowest BCUT2D eigenvalue weighted by molar-refractivity contribution is 0.0945. The molecule has 2 heterocycles. The molecule has 82 valence electrons. The van der Waals surface area contributed by atoms with E-state index >= 15 is 0 Å². The van der Waals surface area contributed by atoms with E-state index in [2.05, 4.69) is 20.3 Å². The van der Waals surface area contributed by atoms with E-state index in [1.54, 1.807) is 6.20 Å². The van der Waals surface area contributed by atoms with E-state index in [1.807, 2.05) is 12.3 Å². The topological polar surface area (TPSA) is 70.7 Å². The molecule has 0 spiro atoms. The van der Waals surface area contributed by atoms with Gasteiger partial charge in [0.15, 0.2) is 0 Å². The first-order valence-corrected chi connectivity index (χ1v) is 5.01. The Hall–Kier alpha value is -1.88. The number of nitrogens with one attached hydrogen (secondary N) is 2. The Balaban J connectivity index is 1.95. The molecule has 0 saturated carbocycles. The van der Waals surface area contributed by atoms with Gasteiger partial charge in [-0.25, -0.2) is 9.97 Å². The molecule has 0 atom stereocenters. The van der Waals surface area contributed by atoms with Gasteiger partial charge in [-0.3, -0.25) is 4.79 Å². The summed E-state index contributed by atoms with van der Waals surface area (Å²) >= 11 is 5.57. The molecule has 16 heavy (non-hydrogen) atoms. The maximum Gasteiger partial charge on any atom is 0.271 e. The highest BCUT2D eigenvalue weighted by molar-refractivity contribution is 6.29. The quantitative estimate of drug-likeness (QED) is 0.846. The summed E-state index contributed by atoms with van der Waals surface area (Å²) in [4.78, 5) is 22.1. The normalized spacial score (nSPS) is 10.1. The average Bonchev–Trinajstić information content (AvgIpc) is 2.80. The third-order valence-corrected chi connectivity index (χ3v) is 2.16. The van der Waals surface area contributed by atoms with E-state index in [1.165, 1.54) is 12.4 Å². The smallest absolute Gasteiger partial charge is 0.271 e. The minimum absolute atomic E-state index is 0.250. The molecule has 6 heteroatoms. The molecule has 5 nitrogen and oxygen atoms in total. The van der Waals surface area contributed by atoms with E-state index in [0.29, 0.717) is 6.54 Å². The SMILES string of the molecule is O=C(NCc1cc[nH]c1)c1cnc(Cl)cn1. The number of hydrogen-bond acceptors (Lipinski definition) is 3. The summed E-state index contributed by atoms with van der Waals surface area (Å²) in [6.45, 7) is 0.451. The molecule has 0 aliphatic rings. The van der Waals surface area contributed by atoms with E-state index in [4.69, 9.17) is 11.6 Å². The van der Waals surface area contributed by atoms with E-state index in [0.717, 1.165) is 5.56 Å². The van der Waals surface area contributed by atoms with Crippen LogP contribution >= 0.6 is 11.6 Å². The highest BCUT2D eigenvalue weighted by atomic mass is 35.5. The highest BCUT2D eigenvalue weighted by Gasteiger charge is 2.06. The van der Waals surface area contributed by atoms with Crippen LogP contribution < -0.4 is 5.32 Å². The number of hydrogen-bond donors (Lipinski definition) is 2. The molecule has 2 aromatic heterocycles. The second kappa shape index (κ2) is 4.76. The van der Waals surface area contributed by atoms with Crippen LogP contribution in [0.2, 0.25) is 5.15 Å². The molecule has 0 radical (unpaired) electrons. The molecule has 0 unspecified atom stereocenters. The van der Waals surface area contributed by atoms with Gasteiger partial charge in [-0.2, -0.15) is 0 Å². The summed E-state index contributed by atoms with van der Waals surface area (Å²) in [7, 11) is 0. The Labute approximate surface area is 96.9 Å². The molecule has 0 saturated heterocycles. The van der Waals surface area contributed by atoms with Crippen LogP contribution in [0.4, 0.5) is 0 Å². The van der Waals surface area contributed by atoms with Crippen molar-refractivity contribution in [2.75, 3.05) is 0 Å². The zero-order valence-corrected chi connectivity index (χ0v) is 9.03. The Morgan fingerprint density at radius 1 is 1.44 bits per heavy atom. The van der Waals surface area contributed by atoms with Gasteiger partial charge in [0.25, 0.3) is 5.91 Å². The predicted octanol–water partition coefficient (Wildman–Crippen LogP) is 1.39. The fraction of sp³-hybridized carbons (Fsp3) is 0.100. The van der Waals surface area contributed by atoms with Gasteiger partial charge in [0, 0.05) is 18.9 Å². The number of H-pyrrole nitrogens is 1. The first kappa shape index (κ1) is 10.6. The fourth-order valence-corrected chi connectivity index (χ4v) is 1.27. The minimum Gasteiger partial charge on any atom is -0.367 e. The molecular weight excluding hydrogens is 228 g/mol. The molecule has 1 amide bonds. The van der Waals surface area contributed by atoms with E-state index < -0.39 is 0 Å². The van der Waals surface area contributed by atoms with Gasteiger partial charge < -0.3 is 10.3 Å². The van der Waals surface area contributed by atoms with Crippen molar-refractivity contribution in [2.24, 2.45) is 0 Å². The van der Waals surface area contributed by atoms with E-state index in [9.17, 15) is 4.79 Å². The van der Waals surface area contributed by atoms with Gasteiger partial charge in [0.05, 0.1) is 12.4 Å².